The minimum Gasteiger partial charge on any atom is -0.310 e. The van der Waals surface area contributed by atoms with Crippen molar-refractivity contribution in [3.8, 4) is 0 Å². The second-order valence-electron chi connectivity index (χ2n) is 7.32. The van der Waals surface area contributed by atoms with Crippen LogP contribution in [0.25, 0.3) is 0 Å². The number of hydrogen-bond donors (Lipinski definition) is 0. The molecule has 1 saturated heterocycles. The highest BCUT2D eigenvalue weighted by Crippen LogP contribution is 2.54. The molecule has 1 aromatic heterocycles. The third-order valence-electron chi connectivity index (χ3n) is 5.50. The third-order valence-corrected chi connectivity index (χ3v) is 7.78. The quantitative estimate of drug-likeness (QED) is 0.620. The molecule has 1 atom stereocenters. The van der Waals surface area contributed by atoms with Crippen LogP contribution in [0, 0.1) is 6.92 Å². The Labute approximate surface area is 178 Å². The molecule has 2 amide bonds. The number of thioether (sulfide) groups is 1. The molecule has 1 spiro atoms. The summed E-state index contributed by atoms with van der Waals surface area (Å²) < 4.78 is 0. The Morgan fingerprint density at radius 3 is 2.76 bits per heavy atom. The first-order chi connectivity index (χ1) is 14.1. The van der Waals surface area contributed by atoms with Gasteiger partial charge < -0.3 is 9.80 Å². The van der Waals surface area contributed by atoms with Gasteiger partial charge in [-0.15, -0.1) is 23.1 Å². The summed E-state index contributed by atoms with van der Waals surface area (Å²) in [6, 6.07) is 19.8. The van der Waals surface area contributed by atoms with E-state index in [2.05, 4.69) is 19.1 Å². The fourth-order valence-electron chi connectivity index (χ4n) is 4.25. The second-order valence-corrected chi connectivity index (χ2v) is 9.56. The van der Waals surface area contributed by atoms with Gasteiger partial charge in [-0.2, -0.15) is 0 Å². The molecule has 3 heterocycles. The molecule has 0 aliphatic carbocycles. The minimum atomic E-state index is -0.971. The SMILES string of the molecule is Cc1cccc(CN2C(=O)C3(SCCN3C(=O)c3cccs3)c3ccccc32)c1. The van der Waals surface area contributed by atoms with Crippen molar-refractivity contribution in [2.45, 2.75) is 18.3 Å². The van der Waals surface area contributed by atoms with Crippen molar-refractivity contribution in [3.63, 3.8) is 0 Å². The van der Waals surface area contributed by atoms with E-state index in [0.717, 1.165) is 22.6 Å². The van der Waals surface area contributed by atoms with Crippen molar-refractivity contribution in [2.24, 2.45) is 0 Å². The van der Waals surface area contributed by atoms with Crippen molar-refractivity contribution >= 4 is 40.6 Å². The van der Waals surface area contributed by atoms with Crippen molar-refractivity contribution in [1.82, 2.24) is 4.90 Å². The summed E-state index contributed by atoms with van der Waals surface area (Å²) in [5.74, 6) is 0.660. The topological polar surface area (TPSA) is 40.6 Å². The van der Waals surface area contributed by atoms with Crippen LogP contribution in [0.2, 0.25) is 0 Å². The van der Waals surface area contributed by atoms with Crippen LogP contribution in [0.4, 0.5) is 5.69 Å². The molecular weight excluding hydrogens is 400 g/mol. The molecule has 0 saturated carbocycles. The van der Waals surface area contributed by atoms with Gasteiger partial charge in [-0.3, -0.25) is 9.59 Å². The van der Waals surface area contributed by atoms with Crippen LogP contribution in [0.3, 0.4) is 0 Å². The summed E-state index contributed by atoms with van der Waals surface area (Å²) in [5.41, 5.74) is 4.08. The summed E-state index contributed by atoms with van der Waals surface area (Å²) in [6.07, 6.45) is 0. The lowest BCUT2D eigenvalue weighted by Gasteiger charge is -2.33. The van der Waals surface area contributed by atoms with Crippen molar-refractivity contribution in [1.29, 1.82) is 0 Å². The van der Waals surface area contributed by atoms with Crippen LogP contribution in [0.15, 0.2) is 66.0 Å². The first-order valence-corrected chi connectivity index (χ1v) is 11.4. The van der Waals surface area contributed by atoms with Gasteiger partial charge >= 0.3 is 0 Å². The first-order valence-electron chi connectivity index (χ1n) is 9.58. The molecule has 2 aromatic carbocycles. The van der Waals surface area contributed by atoms with E-state index >= 15 is 0 Å². The molecule has 29 heavy (non-hydrogen) atoms. The number of fused-ring (bicyclic) bond motifs is 2. The Morgan fingerprint density at radius 1 is 1.10 bits per heavy atom. The van der Waals surface area contributed by atoms with E-state index in [1.807, 2.05) is 58.8 Å². The Kier molecular flexibility index (Phi) is 4.48. The molecule has 0 radical (unpaired) electrons. The Bertz CT molecular complexity index is 1100. The lowest BCUT2D eigenvalue weighted by molar-refractivity contribution is -0.123. The van der Waals surface area contributed by atoms with Crippen molar-refractivity contribution in [2.75, 3.05) is 17.2 Å². The number of carbonyl (C=O) groups is 2. The third kappa shape index (κ3) is 2.81. The number of aryl methyl sites for hydroxylation is 1. The predicted molar refractivity (Wildman–Crippen MR) is 118 cm³/mol. The van der Waals surface area contributed by atoms with Crippen LogP contribution in [-0.4, -0.2) is 29.0 Å². The lowest BCUT2D eigenvalue weighted by atomic mass is 10.1. The number of nitrogens with zero attached hydrogens (tertiary/aromatic N) is 2. The molecule has 1 unspecified atom stereocenters. The number of amides is 2. The number of hydrogen-bond acceptors (Lipinski definition) is 4. The number of para-hydroxylation sites is 1. The number of benzene rings is 2. The van der Waals surface area contributed by atoms with Gasteiger partial charge in [0.05, 0.1) is 17.1 Å². The van der Waals surface area contributed by atoms with Gasteiger partial charge in [0.25, 0.3) is 11.8 Å². The Morgan fingerprint density at radius 2 is 1.97 bits per heavy atom. The maximum atomic E-state index is 13.9. The fourth-order valence-corrected chi connectivity index (χ4v) is 6.38. The maximum absolute atomic E-state index is 13.9. The molecule has 6 heteroatoms. The molecule has 3 aromatic rings. The minimum absolute atomic E-state index is 0.0207. The zero-order valence-electron chi connectivity index (χ0n) is 16.0. The highest BCUT2D eigenvalue weighted by Gasteiger charge is 2.59. The van der Waals surface area contributed by atoms with E-state index in [9.17, 15) is 9.59 Å². The highest BCUT2D eigenvalue weighted by molar-refractivity contribution is 8.01. The van der Waals surface area contributed by atoms with E-state index in [1.165, 1.54) is 16.9 Å². The average molecular weight is 421 g/mol. The maximum Gasteiger partial charge on any atom is 0.268 e. The summed E-state index contributed by atoms with van der Waals surface area (Å²) in [4.78, 5) is 30.5. The van der Waals surface area contributed by atoms with Gasteiger partial charge in [-0.25, -0.2) is 0 Å². The highest BCUT2D eigenvalue weighted by atomic mass is 32.2. The van der Waals surface area contributed by atoms with E-state index < -0.39 is 4.87 Å². The molecule has 2 aliphatic rings. The molecule has 4 nitrogen and oxygen atoms in total. The molecular formula is C23H20N2O2S2. The Balaban J connectivity index is 1.59. The molecule has 2 aliphatic heterocycles. The van der Waals surface area contributed by atoms with E-state index in [0.29, 0.717) is 18.0 Å². The monoisotopic (exact) mass is 420 g/mol. The van der Waals surface area contributed by atoms with Crippen molar-refractivity contribution < 1.29 is 9.59 Å². The fraction of sp³-hybridized carbons (Fsp3) is 0.217. The molecule has 0 N–H and O–H groups in total. The summed E-state index contributed by atoms with van der Waals surface area (Å²) >= 11 is 2.99. The second kappa shape index (κ2) is 7.04. The predicted octanol–water partition coefficient (Wildman–Crippen LogP) is 4.65. The summed E-state index contributed by atoms with van der Waals surface area (Å²) in [6.45, 7) is 3.12. The molecule has 0 bridgehead atoms. The van der Waals surface area contributed by atoms with Gasteiger partial charge in [0.1, 0.15) is 0 Å². The summed E-state index contributed by atoms with van der Waals surface area (Å²) in [5, 5.41) is 1.90. The van der Waals surface area contributed by atoms with Crippen LogP contribution in [0.1, 0.15) is 26.4 Å². The number of thiophene rings is 1. The van der Waals surface area contributed by atoms with Gasteiger partial charge in [-0.05, 0) is 30.0 Å². The number of carbonyl (C=O) groups excluding carboxylic acids is 2. The molecule has 5 rings (SSSR count). The van der Waals surface area contributed by atoms with Crippen LogP contribution in [-0.2, 0) is 16.2 Å². The normalized spacial score (nSPS) is 20.5. The van der Waals surface area contributed by atoms with Gasteiger partial charge in [0, 0.05) is 17.9 Å². The first kappa shape index (κ1) is 18.5. The molecule has 1 fully saturated rings. The van der Waals surface area contributed by atoms with Gasteiger partial charge in [0.15, 0.2) is 4.87 Å². The Hall–Kier alpha value is -2.57. The van der Waals surface area contributed by atoms with Crippen LogP contribution >= 0.6 is 23.1 Å². The zero-order chi connectivity index (χ0) is 20.0. The lowest BCUT2D eigenvalue weighted by Crippen LogP contribution is -2.50. The smallest absolute Gasteiger partial charge is 0.268 e. The number of rotatable bonds is 3. The van der Waals surface area contributed by atoms with Gasteiger partial charge in [-0.1, -0.05) is 54.1 Å². The van der Waals surface area contributed by atoms with E-state index in [-0.39, 0.29) is 11.8 Å². The molecule has 146 valence electrons. The van der Waals surface area contributed by atoms with Crippen LogP contribution < -0.4 is 4.90 Å². The van der Waals surface area contributed by atoms with Crippen molar-refractivity contribution in [3.05, 3.63) is 87.6 Å². The van der Waals surface area contributed by atoms with Gasteiger partial charge in [0.2, 0.25) is 0 Å². The zero-order valence-corrected chi connectivity index (χ0v) is 17.6. The average Bonchev–Trinajstić information content (AvgIpc) is 3.45. The largest absolute Gasteiger partial charge is 0.310 e. The van der Waals surface area contributed by atoms with E-state index in [1.54, 1.807) is 16.7 Å². The number of anilines is 1. The van der Waals surface area contributed by atoms with Crippen LogP contribution in [0.5, 0.6) is 0 Å². The summed E-state index contributed by atoms with van der Waals surface area (Å²) in [7, 11) is 0. The van der Waals surface area contributed by atoms with E-state index in [4.69, 9.17) is 0 Å². The standard InChI is InChI=1S/C23H20N2O2S2/c1-16-6-4-7-17(14-16)15-24-19-9-3-2-8-18(19)23(22(24)27)25(11-13-29-23)21(26)20-10-5-12-28-20/h2-10,12,14H,11,13,15H2,1H3.